The molecule has 3 nitrogen and oxygen atoms in total. The van der Waals surface area contributed by atoms with Crippen molar-refractivity contribution in [1.82, 2.24) is 0 Å². The molecule has 0 amide bonds. The van der Waals surface area contributed by atoms with Crippen molar-refractivity contribution in [2.24, 2.45) is 0 Å². The Morgan fingerprint density at radius 1 is 1.29 bits per heavy atom. The summed E-state index contributed by atoms with van der Waals surface area (Å²) in [6.07, 6.45) is 6.60. The fourth-order valence-electron chi connectivity index (χ4n) is 1.51. The molecule has 0 bridgehead atoms. The summed E-state index contributed by atoms with van der Waals surface area (Å²) in [5.74, 6) is 6.59. The van der Waals surface area contributed by atoms with Gasteiger partial charge in [0, 0.05) is 6.42 Å². The van der Waals surface area contributed by atoms with E-state index >= 15 is 0 Å². The third-order valence-corrected chi connectivity index (χ3v) is 2.64. The zero-order valence-corrected chi connectivity index (χ0v) is 12.8. The lowest BCUT2D eigenvalue weighted by molar-refractivity contribution is 0.198. The summed E-state index contributed by atoms with van der Waals surface area (Å²) in [6.45, 7) is 5.14. The van der Waals surface area contributed by atoms with E-state index in [1.165, 1.54) is 12.7 Å². The van der Waals surface area contributed by atoms with Crippen LogP contribution in [-0.4, -0.2) is 25.4 Å². The second-order valence-corrected chi connectivity index (χ2v) is 4.69. The molecule has 0 aliphatic heterocycles. The van der Waals surface area contributed by atoms with E-state index in [1.54, 1.807) is 12.1 Å². The number of methoxy groups -OCH3 is 1. The topological polar surface area (TPSA) is 38.7 Å². The fraction of sp³-hybridized carbons (Fsp3) is 0.333. The molecule has 0 saturated heterocycles. The van der Waals surface area contributed by atoms with Crippen LogP contribution in [0.2, 0.25) is 0 Å². The van der Waals surface area contributed by atoms with E-state index in [2.05, 4.69) is 11.8 Å². The van der Waals surface area contributed by atoms with Gasteiger partial charge < -0.3 is 14.6 Å². The number of phenols is 1. The maximum atomic E-state index is 9.49. The second-order valence-electron chi connectivity index (χ2n) is 4.69. The van der Waals surface area contributed by atoms with Gasteiger partial charge in [-0.25, -0.2) is 0 Å². The van der Waals surface area contributed by atoms with Gasteiger partial charge in [0.1, 0.15) is 6.61 Å². The lowest BCUT2D eigenvalue weighted by Gasteiger charge is -2.03. The van der Waals surface area contributed by atoms with Crippen molar-refractivity contribution in [3.05, 3.63) is 41.5 Å². The van der Waals surface area contributed by atoms with Crippen LogP contribution in [0.3, 0.4) is 0 Å². The van der Waals surface area contributed by atoms with E-state index in [-0.39, 0.29) is 5.75 Å². The summed E-state index contributed by atoms with van der Waals surface area (Å²) in [7, 11) is 1.53. The Bertz CT molecular complexity index is 556. The second kappa shape index (κ2) is 9.68. The van der Waals surface area contributed by atoms with Gasteiger partial charge in [-0.15, -0.1) is 0 Å². The van der Waals surface area contributed by atoms with Crippen LogP contribution in [0.1, 0.15) is 25.8 Å². The summed E-state index contributed by atoms with van der Waals surface area (Å²) in [4.78, 5) is 0. The van der Waals surface area contributed by atoms with Crippen molar-refractivity contribution in [3.8, 4) is 23.3 Å². The van der Waals surface area contributed by atoms with Crippen LogP contribution in [-0.2, 0) is 4.74 Å². The van der Waals surface area contributed by atoms with E-state index in [9.17, 15) is 5.11 Å². The summed E-state index contributed by atoms with van der Waals surface area (Å²) >= 11 is 0. The average Bonchev–Trinajstić information content (AvgIpc) is 2.46. The molecule has 21 heavy (non-hydrogen) atoms. The van der Waals surface area contributed by atoms with Crippen molar-refractivity contribution < 1.29 is 14.6 Å². The van der Waals surface area contributed by atoms with E-state index in [4.69, 9.17) is 9.47 Å². The van der Waals surface area contributed by atoms with Crippen molar-refractivity contribution in [1.29, 1.82) is 0 Å². The Morgan fingerprint density at radius 3 is 2.81 bits per heavy atom. The molecular weight excluding hydrogens is 264 g/mol. The molecule has 0 aliphatic carbocycles. The first-order valence-electron chi connectivity index (χ1n) is 6.84. The van der Waals surface area contributed by atoms with Gasteiger partial charge >= 0.3 is 0 Å². The number of allylic oxidation sites excluding steroid dienone is 2. The standard InChI is InChI=1S/C18H22O3/c1-15(2)11-13-21-12-7-5-4-6-8-16-9-10-17(19)18(14-16)20-3/h6,8-11,14,19H,4,12-13H2,1-3H3/b8-6+. The Hall–Kier alpha value is -2.18. The van der Waals surface area contributed by atoms with Gasteiger partial charge in [0.25, 0.3) is 0 Å². The monoisotopic (exact) mass is 286 g/mol. The number of phenolic OH excluding ortho intramolecular Hbond substituents is 1. The highest BCUT2D eigenvalue weighted by atomic mass is 16.5. The van der Waals surface area contributed by atoms with Crippen molar-refractivity contribution in [2.45, 2.75) is 20.3 Å². The number of rotatable bonds is 6. The molecule has 1 rings (SSSR count). The lowest BCUT2D eigenvalue weighted by Crippen LogP contribution is -1.91. The van der Waals surface area contributed by atoms with Gasteiger partial charge in [-0.05, 0) is 31.5 Å². The summed E-state index contributed by atoms with van der Waals surface area (Å²) in [5.41, 5.74) is 2.21. The van der Waals surface area contributed by atoms with Crippen molar-refractivity contribution in [3.63, 3.8) is 0 Å². The largest absolute Gasteiger partial charge is 0.504 e. The molecule has 0 radical (unpaired) electrons. The Labute approximate surface area is 126 Å². The Balaban J connectivity index is 2.34. The molecule has 0 atom stereocenters. The molecule has 3 heteroatoms. The van der Waals surface area contributed by atoms with Crippen LogP contribution < -0.4 is 4.74 Å². The van der Waals surface area contributed by atoms with Crippen LogP contribution >= 0.6 is 0 Å². The van der Waals surface area contributed by atoms with Crippen LogP contribution in [0.15, 0.2) is 35.9 Å². The highest BCUT2D eigenvalue weighted by Crippen LogP contribution is 2.26. The maximum Gasteiger partial charge on any atom is 0.161 e. The van der Waals surface area contributed by atoms with Gasteiger partial charge in [0.15, 0.2) is 11.5 Å². The molecule has 1 N–H and O–H groups in total. The fourth-order valence-corrected chi connectivity index (χ4v) is 1.51. The van der Waals surface area contributed by atoms with Crippen LogP contribution in [0.25, 0.3) is 6.08 Å². The van der Waals surface area contributed by atoms with Crippen LogP contribution in [0.4, 0.5) is 0 Å². The number of ether oxygens (including phenoxy) is 2. The van der Waals surface area contributed by atoms with Crippen molar-refractivity contribution in [2.75, 3.05) is 20.3 Å². The minimum absolute atomic E-state index is 0.142. The van der Waals surface area contributed by atoms with E-state index in [0.717, 1.165) is 5.56 Å². The van der Waals surface area contributed by atoms with Gasteiger partial charge in [-0.3, -0.25) is 0 Å². The zero-order chi connectivity index (χ0) is 15.5. The molecule has 112 valence electrons. The first-order valence-corrected chi connectivity index (χ1v) is 6.84. The molecule has 0 aromatic heterocycles. The number of benzene rings is 1. The lowest BCUT2D eigenvalue weighted by atomic mass is 10.2. The van der Waals surface area contributed by atoms with Crippen molar-refractivity contribution >= 4 is 6.08 Å². The van der Waals surface area contributed by atoms with E-state index in [1.807, 2.05) is 38.1 Å². The van der Waals surface area contributed by atoms with Gasteiger partial charge in [0.2, 0.25) is 0 Å². The van der Waals surface area contributed by atoms with Gasteiger partial charge in [-0.2, -0.15) is 0 Å². The zero-order valence-electron chi connectivity index (χ0n) is 12.8. The number of aromatic hydroxyl groups is 1. The minimum atomic E-state index is 0.142. The molecule has 1 aromatic rings. The molecule has 1 aromatic carbocycles. The third-order valence-electron chi connectivity index (χ3n) is 2.64. The van der Waals surface area contributed by atoms with Gasteiger partial charge in [0.05, 0.1) is 13.7 Å². The minimum Gasteiger partial charge on any atom is -0.504 e. The molecule has 0 aliphatic rings. The van der Waals surface area contributed by atoms with Gasteiger partial charge in [-0.1, -0.05) is 41.7 Å². The Morgan fingerprint density at radius 2 is 2.10 bits per heavy atom. The van der Waals surface area contributed by atoms with E-state index in [0.29, 0.717) is 25.4 Å². The SMILES string of the molecule is COc1cc(/C=C/CC#CCOCC=C(C)C)ccc1O. The number of hydrogen-bond donors (Lipinski definition) is 1. The van der Waals surface area contributed by atoms with Crippen LogP contribution in [0, 0.1) is 11.8 Å². The molecule has 0 spiro atoms. The molecular formula is C18H22O3. The molecule has 0 unspecified atom stereocenters. The number of hydrogen-bond acceptors (Lipinski definition) is 3. The molecule has 0 heterocycles. The quantitative estimate of drug-likeness (QED) is 0.491. The predicted molar refractivity (Wildman–Crippen MR) is 86.3 cm³/mol. The maximum absolute atomic E-state index is 9.49. The van der Waals surface area contributed by atoms with Crippen LogP contribution in [0.5, 0.6) is 11.5 Å². The first-order chi connectivity index (χ1) is 10.1. The smallest absolute Gasteiger partial charge is 0.161 e. The normalized spacial score (nSPS) is 10.0. The van der Waals surface area contributed by atoms with E-state index < -0.39 is 0 Å². The summed E-state index contributed by atoms with van der Waals surface area (Å²) in [5, 5.41) is 9.49. The highest BCUT2D eigenvalue weighted by molar-refractivity contribution is 5.55. The highest BCUT2D eigenvalue weighted by Gasteiger charge is 1.99. The Kier molecular flexibility index (Phi) is 7.78. The predicted octanol–water partition coefficient (Wildman–Crippen LogP) is 3.79. The average molecular weight is 286 g/mol. The molecule has 0 fully saturated rings. The third kappa shape index (κ3) is 7.24. The summed E-state index contributed by atoms with van der Waals surface area (Å²) < 4.78 is 10.4. The first kappa shape index (κ1) is 16.9. The molecule has 0 saturated carbocycles. The summed E-state index contributed by atoms with van der Waals surface area (Å²) in [6, 6.07) is 5.22.